The maximum absolute atomic E-state index is 9.16. The molecule has 0 saturated carbocycles. The summed E-state index contributed by atoms with van der Waals surface area (Å²) in [4.78, 5) is 4.61. The number of anilines is 1. The fourth-order valence-electron chi connectivity index (χ4n) is 3.72. The molecule has 0 atom stereocenters. The number of aromatic nitrogens is 3. The highest BCUT2D eigenvalue weighted by atomic mass is 35.5. The van der Waals surface area contributed by atoms with Gasteiger partial charge in [-0.15, -0.1) is 0 Å². The molecule has 5 aromatic rings. The molecule has 0 unspecified atom stereocenters. The SMILES string of the molecule is COc1ccc(CNc2ccc3c(COc4ccc(Cl)c(Oc5cc(Cl)cc(C#N)c5)c4)n[nH]c3n2)cc1. The van der Waals surface area contributed by atoms with E-state index in [1.54, 1.807) is 43.5 Å². The maximum Gasteiger partial charge on any atom is 0.157 e. The lowest BCUT2D eigenvalue weighted by Gasteiger charge is -2.11. The molecule has 0 aliphatic heterocycles. The number of halogens is 2. The van der Waals surface area contributed by atoms with Crippen molar-refractivity contribution in [3.8, 4) is 29.1 Å². The zero-order valence-electron chi connectivity index (χ0n) is 20.2. The van der Waals surface area contributed by atoms with E-state index in [0.29, 0.717) is 50.7 Å². The van der Waals surface area contributed by atoms with Crippen LogP contribution in [0.25, 0.3) is 11.0 Å². The number of benzene rings is 3. The first-order valence-corrected chi connectivity index (χ1v) is 12.3. The van der Waals surface area contributed by atoms with Gasteiger partial charge in [-0.05, 0) is 60.2 Å². The van der Waals surface area contributed by atoms with Gasteiger partial charge >= 0.3 is 0 Å². The van der Waals surface area contributed by atoms with Crippen molar-refractivity contribution in [2.75, 3.05) is 12.4 Å². The molecule has 10 heteroatoms. The normalized spacial score (nSPS) is 10.7. The monoisotopic (exact) mass is 545 g/mol. The fraction of sp³-hybridized carbons (Fsp3) is 0.107. The van der Waals surface area contributed by atoms with E-state index in [0.717, 1.165) is 22.5 Å². The number of nitrogens with zero attached hydrogens (tertiary/aromatic N) is 3. The first-order chi connectivity index (χ1) is 18.5. The Balaban J connectivity index is 1.24. The average molecular weight is 546 g/mol. The van der Waals surface area contributed by atoms with Gasteiger partial charge in [0, 0.05) is 23.0 Å². The van der Waals surface area contributed by atoms with Gasteiger partial charge in [0.15, 0.2) is 5.65 Å². The Labute approximate surface area is 228 Å². The molecule has 0 radical (unpaired) electrons. The lowest BCUT2D eigenvalue weighted by atomic mass is 10.2. The van der Waals surface area contributed by atoms with Gasteiger partial charge in [-0.1, -0.05) is 35.3 Å². The zero-order valence-corrected chi connectivity index (χ0v) is 21.7. The van der Waals surface area contributed by atoms with E-state index >= 15 is 0 Å². The molecule has 38 heavy (non-hydrogen) atoms. The van der Waals surface area contributed by atoms with Gasteiger partial charge < -0.3 is 19.5 Å². The van der Waals surface area contributed by atoms with Gasteiger partial charge in [-0.25, -0.2) is 4.98 Å². The number of rotatable bonds is 9. The highest BCUT2D eigenvalue weighted by Gasteiger charge is 2.11. The Morgan fingerprint density at radius 2 is 1.76 bits per heavy atom. The molecule has 0 spiro atoms. The lowest BCUT2D eigenvalue weighted by molar-refractivity contribution is 0.301. The molecule has 0 fully saturated rings. The van der Waals surface area contributed by atoms with Crippen molar-refractivity contribution in [1.29, 1.82) is 5.26 Å². The molecule has 0 saturated heterocycles. The quantitative estimate of drug-likeness (QED) is 0.203. The van der Waals surface area contributed by atoms with Gasteiger partial charge in [0.25, 0.3) is 0 Å². The third-order valence-corrected chi connectivity index (χ3v) is 6.17. The Morgan fingerprint density at radius 3 is 2.55 bits per heavy atom. The number of pyridine rings is 1. The Hall–Kier alpha value is -4.45. The number of fused-ring (bicyclic) bond motifs is 1. The molecule has 190 valence electrons. The summed E-state index contributed by atoms with van der Waals surface area (Å²) in [5.41, 5.74) is 2.85. The minimum atomic E-state index is 0.205. The highest BCUT2D eigenvalue weighted by molar-refractivity contribution is 6.32. The summed E-state index contributed by atoms with van der Waals surface area (Å²) in [6.45, 7) is 0.831. The van der Waals surface area contributed by atoms with Crippen molar-refractivity contribution in [2.24, 2.45) is 0 Å². The summed E-state index contributed by atoms with van der Waals surface area (Å²) < 4.78 is 17.0. The zero-order chi connectivity index (χ0) is 26.5. The standard InChI is InChI=1S/C28H21Cl2N5O3/c1-36-20-4-2-17(3-5-20)15-32-27-9-7-23-25(34-35-28(23)33-27)16-37-21-6-8-24(30)26(13-21)38-22-11-18(14-31)10-19(29)12-22/h2-13H,15-16H2,1H3,(H2,32,33,34,35). The minimum absolute atomic E-state index is 0.205. The lowest BCUT2D eigenvalue weighted by Crippen LogP contribution is -2.01. The van der Waals surface area contributed by atoms with E-state index in [4.69, 9.17) is 42.7 Å². The van der Waals surface area contributed by atoms with E-state index in [1.807, 2.05) is 42.5 Å². The van der Waals surface area contributed by atoms with Crippen LogP contribution in [0, 0.1) is 11.3 Å². The number of nitrogens with one attached hydrogen (secondary N) is 2. The molecule has 0 aliphatic rings. The number of H-pyrrole nitrogens is 1. The molecule has 0 amide bonds. The van der Waals surface area contributed by atoms with Crippen LogP contribution < -0.4 is 19.5 Å². The first kappa shape index (κ1) is 25.2. The number of nitriles is 1. The third-order valence-electron chi connectivity index (χ3n) is 5.64. The molecular weight excluding hydrogens is 525 g/mol. The summed E-state index contributed by atoms with van der Waals surface area (Å²) in [6, 6.07) is 23.6. The number of methoxy groups -OCH3 is 1. The second-order valence-corrected chi connectivity index (χ2v) is 9.08. The van der Waals surface area contributed by atoms with Crippen LogP contribution in [0.15, 0.2) is 72.8 Å². The van der Waals surface area contributed by atoms with Crippen LogP contribution in [-0.4, -0.2) is 22.3 Å². The predicted molar refractivity (Wildman–Crippen MR) is 146 cm³/mol. The van der Waals surface area contributed by atoms with Gasteiger partial charge in [0.2, 0.25) is 0 Å². The number of ether oxygens (including phenoxy) is 3. The molecule has 2 N–H and O–H groups in total. The summed E-state index contributed by atoms with van der Waals surface area (Å²) in [7, 11) is 1.65. The van der Waals surface area contributed by atoms with Crippen LogP contribution in [-0.2, 0) is 13.2 Å². The Morgan fingerprint density at radius 1 is 0.947 bits per heavy atom. The molecule has 3 aromatic carbocycles. The molecule has 2 aromatic heterocycles. The van der Waals surface area contributed by atoms with Crippen LogP contribution >= 0.6 is 23.2 Å². The number of aromatic amines is 1. The summed E-state index contributed by atoms with van der Waals surface area (Å²) in [5, 5.41) is 21.4. The minimum Gasteiger partial charge on any atom is -0.497 e. The maximum atomic E-state index is 9.16. The van der Waals surface area contributed by atoms with Crippen molar-refractivity contribution in [3.63, 3.8) is 0 Å². The topological polar surface area (TPSA) is 105 Å². The summed E-state index contributed by atoms with van der Waals surface area (Å²) in [5.74, 6) is 2.85. The van der Waals surface area contributed by atoms with Crippen molar-refractivity contribution in [3.05, 3.63) is 99.7 Å². The van der Waals surface area contributed by atoms with Crippen LogP contribution in [0.1, 0.15) is 16.8 Å². The van der Waals surface area contributed by atoms with Crippen molar-refractivity contribution >= 4 is 40.1 Å². The predicted octanol–water partition coefficient (Wildman–Crippen LogP) is 7.13. The highest BCUT2D eigenvalue weighted by Crippen LogP contribution is 2.34. The van der Waals surface area contributed by atoms with E-state index in [9.17, 15) is 0 Å². The van der Waals surface area contributed by atoms with Crippen molar-refractivity contribution in [2.45, 2.75) is 13.2 Å². The van der Waals surface area contributed by atoms with Gasteiger partial charge in [0.1, 0.15) is 41.1 Å². The molecule has 8 nitrogen and oxygen atoms in total. The third kappa shape index (κ3) is 5.92. The fourth-order valence-corrected chi connectivity index (χ4v) is 4.10. The van der Waals surface area contributed by atoms with E-state index in [2.05, 4.69) is 20.5 Å². The second-order valence-electron chi connectivity index (χ2n) is 8.23. The Kier molecular flexibility index (Phi) is 7.50. The van der Waals surface area contributed by atoms with E-state index in [1.165, 1.54) is 0 Å². The van der Waals surface area contributed by atoms with E-state index < -0.39 is 0 Å². The van der Waals surface area contributed by atoms with Crippen LogP contribution in [0.5, 0.6) is 23.0 Å². The van der Waals surface area contributed by atoms with Crippen molar-refractivity contribution < 1.29 is 14.2 Å². The molecule has 0 aliphatic carbocycles. The summed E-state index contributed by atoms with van der Waals surface area (Å²) in [6.07, 6.45) is 0. The van der Waals surface area contributed by atoms with Crippen LogP contribution in [0.4, 0.5) is 5.82 Å². The Bertz CT molecular complexity index is 1630. The number of hydrogen-bond donors (Lipinski definition) is 2. The molecular formula is C28H21Cl2N5O3. The van der Waals surface area contributed by atoms with Gasteiger partial charge in [0.05, 0.1) is 23.8 Å². The summed E-state index contributed by atoms with van der Waals surface area (Å²) >= 11 is 12.4. The van der Waals surface area contributed by atoms with Gasteiger partial charge in [-0.2, -0.15) is 10.4 Å². The largest absolute Gasteiger partial charge is 0.497 e. The molecule has 5 rings (SSSR count). The second kappa shape index (κ2) is 11.3. The van der Waals surface area contributed by atoms with Gasteiger partial charge in [-0.3, -0.25) is 5.10 Å². The smallest absolute Gasteiger partial charge is 0.157 e. The molecule has 0 bridgehead atoms. The number of hydrogen-bond acceptors (Lipinski definition) is 7. The van der Waals surface area contributed by atoms with Crippen LogP contribution in [0.3, 0.4) is 0 Å². The first-order valence-electron chi connectivity index (χ1n) is 11.5. The average Bonchev–Trinajstić information content (AvgIpc) is 3.34. The molecule has 2 heterocycles. The van der Waals surface area contributed by atoms with Crippen LogP contribution in [0.2, 0.25) is 10.0 Å². The van der Waals surface area contributed by atoms with E-state index in [-0.39, 0.29) is 6.61 Å². The van der Waals surface area contributed by atoms with Crippen molar-refractivity contribution in [1.82, 2.24) is 15.2 Å².